The van der Waals surface area contributed by atoms with Crippen LogP contribution < -0.4 is 14.4 Å². The average Bonchev–Trinajstić information content (AvgIpc) is 2.68. The third-order valence-electron chi connectivity index (χ3n) is 5.02. The molecule has 6 nitrogen and oxygen atoms in total. The van der Waals surface area contributed by atoms with Gasteiger partial charge in [-0.3, -0.25) is 9.52 Å². The van der Waals surface area contributed by atoms with E-state index in [9.17, 15) is 13.2 Å². The topological polar surface area (TPSA) is 75.7 Å². The number of amides is 1. The van der Waals surface area contributed by atoms with Crippen LogP contribution in [-0.4, -0.2) is 27.5 Å². The Morgan fingerprint density at radius 3 is 2.59 bits per heavy atom. The number of sulfonamides is 1. The first kappa shape index (κ1) is 21.2. The van der Waals surface area contributed by atoms with Crippen LogP contribution in [0.5, 0.6) is 5.75 Å². The molecular formula is C22H28N2O4S. The first-order valence-corrected chi connectivity index (χ1v) is 11.5. The Morgan fingerprint density at radius 1 is 1.10 bits per heavy atom. The Morgan fingerprint density at radius 2 is 1.90 bits per heavy atom. The van der Waals surface area contributed by atoms with E-state index in [0.717, 1.165) is 29.7 Å². The van der Waals surface area contributed by atoms with E-state index in [1.165, 1.54) is 0 Å². The molecule has 0 saturated heterocycles. The van der Waals surface area contributed by atoms with Gasteiger partial charge in [0.25, 0.3) is 10.0 Å². The minimum absolute atomic E-state index is 0.129. The molecule has 0 saturated carbocycles. The Bertz CT molecular complexity index is 1000. The number of hydrogen-bond acceptors (Lipinski definition) is 4. The van der Waals surface area contributed by atoms with Crippen molar-refractivity contribution in [2.24, 2.45) is 0 Å². The van der Waals surface area contributed by atoms with Crippen molar-refractivity contribution in [3.05, 3.63) is 47.5 Å². The predicted molar refractivity (Wildman–Crippen MR) is 115 cm³/mol. The second kappa shape index (κ2) is 8.86. The first-order valence-electron chi connectivity index (χ1n) is 10.0. The summed E-state index contributed by atoms with van der Waals surface area (Å²) in [5.41, 5.74) is 3.14. The van der Waals surface area contributed by atoms with Gasteiger partial charge in [-0.05, 0) is 74.2 Å². The summed E-state index contributed by atoms with van der Waals surface area (Å²) < 4.78 is 33.8. The van der Waals surface area contributed by atoms with Gasteiger partial charge in [0.1, 0.15) is 5.75 Å². The summed E-state index contributed by atoms with van der Waals surface area (Å²) in [5, 5.41) is 0. The standard InChI is InChI=1S/C22H28N2O4S/c1-4-6-13-24-20-10-8-18(15-17(20)7-12-22(24)25)23-29(26,27)19-9-11-21(28-5-2)16(3)14-19/h8-11,14-15,23H,4-7,12-13H2,1-3H3. The molecule has 2 aromatic rings. The highest BCUT2D eigenvalue weighted by Gasteiger charge is 2.24. The Kier molecular flexibility index (Phi) is 6.47. The van der Waals surface area contributed by atoms with Crippen molar-refractivity contribution in [3.63, 3.8) is 0 Å². The summed E-state index contributed by atoms with van der Waals surface area (Å²) in [6, 6.07) is 10.2. The van der Waals surface area contributed by atoms with Gasteiger partial charge >= 0.3 is 0 Å². The molecule has 3 rings (SSSR count). The number of fused-ring (bicyclic) bond motifs is 1. The zero-order chi connectivity index (χ0) is 21.0. The molecule has 1 aliphatic heterocycles. The lowest BCUT2D eigenvalue weighted by Gasteiger charge is -2.29. The van der Waals surface area contributed by atoms with Crippen LogP contribution in [0.4, 0.5) is 11.4 Å². The summed E-state index contributed by atoms with van der Waals surface area (Å²) in [5.74, 6) is 0.807. The van der Waals surface area contributed by atoms with Crippen molar-refractivity contribution in [2.75, 3.05) is 22.8 Å². The number of hydrogen-bond donors (Lipinski definition) is 1. The maximum Gasteiger partial charge on any atom is 0.261 e. The van der Waals surface area contributed by atoms with Crippen molar-refractivity contribution < 1.29 is 17.9 Å². The quantitative estimate of drug-likeness (QED) is 0.697. The molecule has 156 valence electrons. The van der Waals surface area contributed by atoms with Crippen molar-refractivity contribution >= 4 is 27.3 Å². The Balaban J connectivity index is 1.83. The van der Waals surface area contributed by atoms with Crippen molar-refractivity contribution in [3.8, 4) is 5.75 Å². The highest BCUT2D eigenvalue weighted by atomic mass is 32.2. The van der Waals surface area contributed by atoms with Gasteiger partial charge < -0.3 is 9.64 Å². The number of anilines is 2. The smallest absolute Gasteiger partial charge is 0.261 e. The van der Waals surface area contributed by atoms with Crippen LogP contribution in [0.1, 0.15) is 44.2 Å². The third-order valence-corrected chi connectivity index (χ3v) is 6.40. The average molecular weight is 417 g/mol. The number of carbonyl (C=O) groups is 1. The van der Waals surface area contributed by atoms with E-state index >= 15 is 0 Å². The molecule has 0 bridgehead atoms. The van der Waals surface area contributed by atoms with Crippen molar-refractivity contribution in [1.29, 1.82) is 0 Å². The van der Waals surface area contributed by atoms with Crippen LogP contribution in [0.25, 0.3) is 0 Å². The van der Waals surface area contributed by atoms with Gasteiger partial charge in [0.15, 0.2) is 0 Å². The number of nitrogens with zero attached hydrogens (tertiary/aromatic N) is 1. The summed E-state index contributed by atoms with van der Waals surface area (Å²) in [6.07, 6.45) is 3.02. The van der Waals surface area contributed by atoms with Crippen molar-refractivity contribution in [1.82, 2.24) is 0 Å². The largest absolute Gasteiger partial charge is 0.494 e. The number of benzene rings is 2. The predicted octanol–water partition coefficient (Wildman–Crippen LogP) is 4.27. The molecule has 0 radical (unpaired) electrons. The lowest BCUT2D eigenvalue weighted by atomic mass is 10.00. The second-order valence-corrected chi connectivity index (χ2v) is 8.89. The maximum atomic E-state index is 12.8. The summed E-state index contributed by atoms with van der Waals surface area (Å²) in [7, 11) is -3.72. The SMILES string of the molecule is CCCCN1C(=O)CCc2cc(NS(=O)(=O)c3ccc(OCC)c(C)c3)ccc21. The molecule has 1 heterocycles. The molecule has 0 fully saturated rings. The van der Waals surface area contributed by atoms with Gasteiger partial charge in [-0.15, -0.1) is 0 Å². The molecule has 29 heavy (non-hydrogen) atoms. The Labute approximate surface area is 172 Å². The number of rotatable bonds is 8. The number of ether oxygens (including phenoxy) is 1. The summed E-state index contributed by atoms with van der Waals surface area (Å²) >= 11 is 0. The highest BCUT2D eigenvalue weighted by molar-refractivity contribution is 7.92. The highest BCUT2D eigenvalue weighted by Crippen LogP contribution is 2.31. The van der Waals surface area contributed by atoms with E-state index in [4.69, 9.17) is 4.74 Å². The van der Waals surface area contributed by atoms with Gasteiger partial charge in [0, 0.05) is 24.3 Å². The molecule has 0 aliphatic carbocycles. The molecule has 0 spiro atoms. The van der Waals surface area contributed by atoms with E-state index in [-0.39, 0.29) is 10.8 Å². The zero-order valence-corrected chi connectivity index (χ0v) is 18.0. The van der Waals surface area contributed by atoms with Gasteiger partial charge in [0.2, 0.25) is 5.91 Å². The maximum absolute atomic E-state index is 12.8. The summed E-state index contributed by atoms with van der Waals surface area (Å²) in [4.78, 5) is 14.3. The Hall–Kier alpha value is -2.54. The lowest BCUT2D eigenvalue weighted by molar-refractivity contribution is -0.118. The fourth-order valence-corrected chi connectivity index (χ4v) is 4.64. The number of nitrogens with one attached hydrogen (secondary N) is 1. The molecule has 0 unspecified atom stereocenters. The fourth-order valence-electron chi connectivity index (χ4n) is 3.51. The van der Waals surface area contributed by atoms with Gasteiger partial charge in [-0.1, -0.05) is 13.3 Å². The number of carbonyl (C=O) groups excluding carboxylic acids is 1. The minimum Gasteiger partial charge on any atom is -0.494 e. The molecular weight excluding hydrogens is 388 g/mol. The molecule has 0 atom stereocenters. The van der Waals surface area contributed by atoms with E-state index < -0.39 is 10.0 Å². The van der Waals surface area contributed by atoms with Crippen molar-refractivity contribution in [2.45, 2.75) is 51.3 Å². The van der Waals surface area contributed by atoms with E-state index in [1.54, 1.807) is 24.3 Å². The van der Waals surface area contributed by atoms with Crippen LogP contribution in [0.3, 0.4) is 0 Å². The van der Waals surface area contributed by atoms with Crippen LogP contribution in [0, 0.1) is 6.92 Å². The minimum atomic E-state index is -3.72. The van der Waals surface area contributed by atoms with Crippen LogP contribution >= 0.6 is 0 Å². The molecule has 0 aromatic heterocycles. The monoisotopic (exact) mass is 416 g/mol. The van der Waals surface area contributed by atoms with Gasteiger partial charge in [-0.25, -0.2) is 8.42 Å². The van der Waals surface area contributed by atoms with E-state index in [2.05, 4.69) is 11.6 Å². The second-order valence-electron chi connectivity index (χ2n) is 7.21. The molecule has 1 aliphatic rings. The van der Waals surface area contributed by atoms with Gasteiger partial charge in [-0.2, -0.15) is 0 Å². The zero-order valence-electron chi connectivity index (χ0n) is 17.2. The number of aryl methyl sites for hydroxylation is 2. The molecule has 7 heteroatoms. The third kappa shape index (κ3) is 4.72. The fraction of sp³-hybridized carbons (Fsp3) is 0.409. The first-order chi connectivity index (χ1) is 13.9. The van der Waals surface area contributed by atoms with Crippen LogP contribution in [0.2, 0.25) is 0 Å². The molecule has 1 N–H and O–H groups in total. The normalized spacial score (nSPS) is 13.9. The van der Waals surface area contributed by atoms with Crippen LogP contribution in [-0.2, 0) is 21.2 Å². The summed E-state index contributed by atoms with van der Waals surface area (Å²) in [6.45, 7) is 7.02. The molecule has 1 amide bonds. The van der Waals surface area contributed by atoms with E-state index in [0.29, 0.717) is 37.4 Å². The van der Waals surface area contributed by atoms with Crippen LogP contribution in [0.15, 0.2) is 41.3 Å². The van der Waals surface area contributed by atoms with E-state index in [1.807, 2.05) is 30.9 Å². The molecule has 2 aromatic carbocycles. The van der Waals surface area contributed by atoms with Gasteiger partial charge in [0.05, 0.1) is 11.5 Å². The lowest BCUT2D eigenvalue weighted by Crippen LogP contribution is -2.35. The number of unbranched alkanes of at least 4 members (excludes halogenated alkanes) is 1.